The summed E-state index contributed by atoms with van der Waals surface area (Å²) in [5.41, 5.74) is 0.681. The molecule has 0 amide bonds. The number of rotatable bonds is 2. The van der Waals surface area contributed by atoms with Crippen LogP contribution in [0.3, 0.4) is 0 Å². The van der Waals surface area contributed by atoms with Crippen LogP contribution >= 0.6 is 39.1 Å². The number of hydrogen-bond acceptors (Lipinski definition) is 3. The summed E-state index contributed by atoms with van der Waals surface area (Å²) in [7, 11) is 0. The van der Waals surface area contributed by atoms with Crippen LogP contribution < -0.4 is 0 Å². The Balaban J connectivity index is 2.44. The molecule has 2 aromatic rings. The van der Waals surface area contributed by atoms with Gasteiger partial charge in [0.05, 0.1) is 15.9 Å². The van der Waals surface area contributed by atoms with Gasteiger partial charge in [-0.05, 0) is 18.2 Å². The van der Waals surface area contributed by atoms with E-state index < -0.39 is 0 Å². The Bertz CT molecular complexity index is 487. The third-order valence-electron chi connectivity index (χ3n) is 1.75. The first-order valence-corrected chi connectivity index (χ1v) is 5.92. The third-order valence-corrected chi connectivity index (χ3v) is 2.80. The molecule has 3 nitrogen and oxygen atoms in total. The summed E-state index contributed by atoms with van der Waals surface area (Å²) in [6.07, 6.45) is 0. The zero-order valence-corrected chi connectivity index (χ0v) is 10.5. The lowest BCUT2D eigenvalue weighted by Gasteiger charge is -1.97. The minimum atomic E-state index is 0.395. The summed E-state index contributed by atoms with van der Waals surface area (Å²) in [5, 5.41) is 5.36. The fourth-order valence-electron chi connectivity index (χ4n) is 1.08. The molecule has 78 valence electrons. The Kier molecular flexibility index (Phi) is 3.29. The van der Waals surface area contributed by atoms with Gasteiger partial charge in [-0.25, -0.2) is 0 Å². The minimum Gasteiger partial charge on any atom is -0.334 e. The Morgan fingerprint density at radius 2 is 2.13 bits per heavy atom. The van der Waals surface area contributed by atoms with Crippen molar-refractivity contribution in [1.29, 1.82) is 0 Å². The molecule has 15 heavy (non-hydrogen) atoms. The molecular weight excluding hydrogens is 303 g/mol. The average Bonchev–Trinajstić information content (AvgIpc) is 2.66. The van der Waals surface area contributed by atoms with Crippen molar-refractivity contribution in [3.63, 3.8) is 0 Å². The van der Waals surface area contributed by atoms with E-state index in [1.807, 2.05) is 0 Å². The maximum absolute atomic E-state index is 5.99. The van der Waals surface area contributed by atoms with Gasteiger partial charge in [-0.2, -0.15) is 4.98 Å². The lowest BCUT2D eigenvalue weighted by molar-refractivity contribution is 0.425. The highest BCUT2D eigenvalue weighted by atomic mass is 79.9. The van der Waals surface area contributed by atoms with E-state index in [0.29, 0.717) is 32.7 Å². The molecule has 6 heteroatoms. The van der Waals surface area contributed by atoms with Crippen molar-refractivity contribution in [3.8, 4) is 11.5 Å². The Morgan fingerprint density at radius 1 is 1.33 bits per heavy atom. The van der Waals surface area contributed by atoms with Crippen LogP contribution in [0.1, 0.15) is 5.82 Å². The molecule has 0 atom stereocenters. The smallest absolute Gasteiger partial charge is 0.259 e. The predicted molar refractivity (Wildman–Crippen MR) is 62.4 cm³/mol. The molecule has 0 unspecified atom stereocenters. The van der Waals surface area contributed by atoms with Crippen molar-refractivity contribution < 1.29 is 4.52 Å². The zero-order chi connectivity index (χ0) is 10.8. The standard InChI is InChI=1S/C9H5BrCl2N2O/c10-4-8-13-9(15-14-8)6-2-1-5(11)3-7(6)12/h1-3H,4H2. The van der Waals surface area contributed by atoms with Crippen LogP contribution in [0.4, 0.5) is 0 Å². The Hall–Kier alpha value is -0.580. The van der Waals surface area contributed by atoms with Crippen LogP contribution in [-0.4, -0.2) is 10.1 Å². The van der Waals surface area contributed by atoms with Gasteiger partial charge >= 0.3 is 0 Å². The van der Waals surface area contributed by atoms with Crippen molar-refractivity contribution in [2.45, 2.75) is 5.33 Å². The van der Waals surface area contributed by atoms with Crippen molar-refractivity contribution in [2.75, 3.05) is 0 Å². The highest BCUT2D eigenvalue weighted by Gasteiger charge is 2.11. The molecule has 1 aromatic carbocycles. The highest BCUT2D eigenvalue weighted by Crippen LogP contribution is 2.29. The van der Waals surface area contributed by atoms with Gasteiger partial charge in [-0.3, -0.25) is 0 Å². The van der Waals surface area contributed by atoms with E-state index in [1.165, 1.54) is 0 Å². The molecule has 0 spiro atoms. The molecule has 2 rings (SSSR count). The first kappa shape index (κ1) is 10.9. The van der Waals surface area contributed by atoms with Gasteiger partial charge in [-0.1, -0.05) is 44.3 Å². The maximum atomic E-state index is 5.99. The lowest BCUT2D eigenvalue weighted by Crippen LogP contribution is -1.81. The van der Waals surface area contributed by atoms with Crippen LogP contribution in [0.2, 0.25) is 10.0 Å². The number of nitrogens with zero attached hydrogens (tertiary/aromatic N) is 2. The largest absolute Gasteiger partial charge is 0.334 e. The molecule has 0 fully saturated rings. The van der Waals surface area contributed by atoms with E-state index in [9.17, 15) is 0 Å². The monoisotopic (exact) mass is 306 g/mol. The summed E-state index contributed by atoms with van der Waals surface area (Å²) in [6, 6.07) is 5.10. The average molecular weight is 308 g/mol. The second kappa shape index (κ2) is 4.51. The van der Waals surface area contributed by atoms with Crippen LogP contribution in [0.5, 0.6) is 0 Å². The van der Waals surface area contributed by atoms with Gasteiger partial charge in [0.1, 0.15) is 0 Å². The van der Waals surface area contributed by atoms with E-state index in [0.717, 1.165) is 0 Å². The van der Waals surface area contributed by atoms with Crippen LogP contribution in [0.25, 0.3) is 11.5 Å². The number of hydrogen-bond donors (Lipinski definition) is 0. The second-order valence-electron chi connectivity index (χ2n) is 2.77. The molecule has 0 saturated carbocycles. The molecule has 0 bridgehead atoms. The molecule has 0 aliphatic heterocycles. The minimum absolute atomic E-state index is 0.395. The van der Waals surface area contributed by atoms with E-state index in [1.54, 1.807) is 18.2 Å². The topological polar surface area (TPSA) is 38.9 Å². The molecular formula is C9H5BrCl2N2O. The van der Waals surface area contributed by atoms with Gasteiger partial charge in [-0.15, -0.1) is 0 Å². The van der Waals surface area contributed by atoms with Crippen molar-refractivity contribution in [2.24, 2.45) is 0 Å². The molecule has 0 aliphatic rings. The van der Waals surface area contributed by atoms with Gasteiger partial charge in [0.2, 0.25) is 0 Å². The summed E-state index contributed by atoms with van der Waals surface area (Å²) in [5.74, 6) is 0.974. The third kappa shape index (κ3) is 2.33. The summed E-state index contributed by atoms with van der Waals surface area (Å²) >= 11 is 15.0. The molecule has 0 aliphatic carbocycles. The number of aromatic nitrogens is 2. The molecule has 1 aromatic heterocycles. The van der Waals surface area contributed by atoms with Crippen LogP contribution in [0.15, 0.2) is 22.7 Å². The van der Waals surface area contributed by atoms with E-state index in [-0.39, 0.29) is 0 Å². The summed E-state index contributed by atoms with van der Waals surface area (Å²) < 4.78 is 5.04. The normalized spacial score (nSPS) is 10.6. The predicted octanol–water partition coefficient (Wildman–Crippen LogP) is 3.94. The first-order valence-electron chi connectivity index (χ1n) is 4.04. The van der Waals surface area contributed by atoms with Crippen molar-refractivity contribution in [3.05, 3.63) is 34.1 Å². The molecule has 0 radical (unpaired) electrons. The quantitative estimate of drug-likeness (QED) is 0.789. The van der Waals surface area contributed by atoms with Crippen molar-refractivity contribution >= 4 is 39.1 Å². The Labute approximate surface area is 105 Å². The van der Waals surface area contributed by atoms with E-state index in [4.69, 9.17) is 27.7 Å². The SMILES string of the molecule is Clc1ccc(-c2nc(CBr)no2)c(Cl)c1. The van der Waals surface area contributed by atoms with Gasteiger partial charge in [0.15, 0.2) is 5.82 Å². The molecule has 1 heterocycles. The van der Waals surface area contributed by atoms with Crippen LogP contribution in [-0.2, 0) is 5.33 Å². The first-order chi connectivity index (χ1) is 7.20. The fourth-order valence-corrected chi connectivity index (χ4v) is 1.80. The number of halogens is 3. The lowest BCUT2D eigenvalue weighted by atomic mass is 10.2. The maximum Gasteiger partial charge on any atom is 0.259 e. The molecule has 0 saturated heterocycles. The van der Waals surface area contributed by atoms with E-state index >= 15 is 0 Å². The zero-order valence-electron chi connectivity index (χ0n) is 7.38. The van der Waals surface area contributed by atoms with Gasteiger partial charge < -0.3 is 4.52 Å². The van der Waals surface area contributed by atoms with Gasteiger partial charge in [0, 0.05) is 5.02 Å². The highest BCUT2D eigenvalue weighted by molar-refractivity contribution is 9.08. The van der Waals surface area contributed by atoms with E-state index in [2.05, 4.69) is 26.1 Å². The fraction of sp³-hybridized carbons (Fsp3) is 0.111. The van der Waals surface area contributed by atoms with Gasteiger partial charge in [0.25, 0.3) is 5.89 Å². The van der Waals surface area contributed by atoms with Crippen molar-refractivity contribution in [1.82, 2.24) is 10.1 Å². The summed E-state index contributed by atoms with van der Waals surface area (Å²) in [4.78, 5) is 4.14. The Morgan fingerprint density at radius 3 is 2.73 bits per heavy atom. The second-order valence-corrected chi connectivity index (χ2v) is 4.18. The number of benzene rings is 1. The van der Waals surface area contributed by atoms with Crippen LogP contribution in [0, 0.1) is 0 Å². The summed E-state index contributed by atoms with van der Waals surface area (Å²) in [6.45, 7) is 0. The molecule has 0 N–H and O–H groups in total. The number of alkyl halides is 1.